The van der Waals surface area contributed by atoms with Crippen molar-refractivity contribution in [2.24, 2.45) is 0 Å². The first-order chi connectivity index (χ1) is 13.1. The van der Waals surface area contributed by atoms with E-state index in [1.807, 2.05) is 49.4 Å². The number of rotatable bonds is 3. The van der Waals surface area contributed by atoms with Gasteiger partial charge in [-0.15, -0.1) is 0 Å². The number of aryl methyl sites for hydroxylation is 2. The summed E-state index contributed by atoms with van der Waals surface area (Å²) in [6, 6.07) is 20.8. The second kappa shape index (κ2) is 6.93. The number of phenols is 1. The Morgan fingerprint density at radius 3 is 2.22 bits per heavy atom. The first-order valence-electron chi connectivity index (χ1n) is 8.67. The summed E-state index contributed by atoms with van der Waals surface area (Å²) < 4.78 is 5.81. The molecule has 0 aliphatic rings. The lowest BCUT2D eigenvalue weighted by molar-refractivity contribution is 0.435. The minimum atomic E-state index is 0.206. The van der Waals surface area contributed by atoms with Crippen LogP contribution in [0.4, 0.5) is 0 Å². The lowest BCUT2D eigenvalue weighted by atomic mass is 9.92. The molecule has 27 heavy (non-hydrogen) atoms. The summed E-state index contributed by atoms with van der Waals surface area (Å²) in [6.07, 6.45) is 0. The predicted molar refractivity (Wildman–Crippen MR) is 109 cm³/mol. The number of halogens is 1. The van der Waals surface area contributed by atoms with Crippen molar-refractivity contribution in [1.82, 2.24) is 5.16 Å². The fourth-order valence-electron chi connectivity index (χ4n) is 3.31. The van der Waals surface area contributed by atoms with Crippen LogP contribution in [-0.4, -0.2) is 10.3 Å². The molecule has 3 aromatic carbocycles. The first kappa shape index (κ1) is 17.4. The van der Waals surface area contributed by atoms with Gasteiger partial charge in [-0.1, -0.05) is 53.2 Å². The molecule has 0 saturated heterocycles. The minimum absolute atomic E-state index is 0.206. The molecule has 0 atom stereocenters. The smallest absolute Gasteiger partial charge is 0.175 e. The van der Waals surface area contributed by atoms with Crippen molar-refractivity contribution in [1.29, 1.82) is 0 Å². The minimum Gasteiger partial charge on any atom is -0.508 e. The van der Waals surface area contributed by atoms with Gasteiger partial charge in [0.2, 0.25) is 0 Å². The number of aromatic hydroxyl groups is 1. The molecule has 0 bridgehead atoms. The van der Waals surface area contributed by atoms with Gasteiger partial charge in [0, 0.05) is 11.1 Å². The maximum atomic E-state index is 9.63. The van der Waals surface area contributed by atoms with E-state index in [1.54, 1.807) is 12.1 Å². The van der Waals surface area contributed by atoms with Crippen LogP contribution in [0, 0.1) is 13.8 Å². The van der Waals surface area contributed by atoms with Crippen LogP contribution in [0.3, 0.4) is 0 Å². The van der Waals surface area contributed by atoms with Gasteiger partial charge in [0.15, 0.2) is 5.76 Å². The Hall–Kier alpha value is -3.04. The third kappa shape index (κ3) is 3.11. The van der Waals surface area contributed by atoms with Gasteiger partial charge in [-0.2, -0.15) is 0 Å². The summed E-state index contributed by atoms with van der Waals surface area (Å²) >= 11 is 6.52. The van der Waals surface area contributed by atoms with Crippen LogP contribution < -0.4 is 0 Å². The fraction of sp³-hybridized carbons (Fsp3) is 0.0870. The van der Waals surface area contributed by atoms with Crippen molar-refractivity contribution in [3.8, 4) is 39.5 Å². The van der Waals surface area contributed by atoms with Crippen molar-refractivity contribution in [3.63, 3.8) is 0 Å². The molecule has 0 aliphatic carbocycles. The summed E-state index contributed by atoms with van der Waals surface area (Å²) in [5.74, 6) is 0.858. The van der Waals surface area contributed by atoms with Gasteiger partial charge in [0.1, 0.15) is 11.4 Å². The molecule has 0 amide bonds. The average molecular weight is 376 g/mol. The summed E-state index contributed by atoms with van der Waals surface area (Å²) in [4.78, 5) is 0. The summed E-state index contributed by atoms with van der Waals surface area (Å²) in [5.41, 5.74) is 6.51. The lowest BCUT2D eigenvalue weighted by Crippen LogP contribution is -1.91. The van der Waals surface area contributed by atoms with E-state index in [-0.39, 0.29) is 5.75 Å². The van der Waals surface area contributed by atoms with Gasteiger partial charge in [-0.3, -0.25) is 0 Å². The second-order valence-electron chi connectivity index (χ2n) is 6.53. The van der Waals surface area contributed by atoms with Crippen molar-refractivity contribution >= 4 is 11.6 Å². The summed E-state index contributed by atoms with van der Waals surface area (Å²) in [5, 5.41) is 14.7. The summed E-state index contributed by atoms with van der Waals surface area (Å²) in [7, 11) is 0. The lowest BCUT2D eigenvalue weighted by Gasteiger charge is -2.11. The van der Waals surface area contributed by atoms with Gasteiger partial charge in [-0.25, -0.2) is 0 Å². The van der Waals surface area contributed by atoms with Crippen LogP contribution >= 0.6 is 11.6 Å². The Labute approximate surface area is 162 Å². The zero-order valence-corrected chi connectivity index (χ0v) is 15.8. The molecule has 4 aromatic rings. The van der Waals surface area contributed by atoms with Gasteiger partial charge in [-0.05, 0) is 60.9 Å². The van der Waals surface area contributed by atoms with Crippen LogP contribution in [0.15, 0.2) is 71.3 Å². The van der Waals surface area contributed by atoms with E-state index >= 15 is 0 Å². The number of phenolic OH excluding ortho intramolecular Hbond substituents is 1. The number of aromatic nitrogens is 1. The molecule has 0 fully saturated rings. The maximum Gasteiger partial charge on any atom is 0.175 e. The highest BCUT2D eigenvalue weighted by Gasteiger charge is 2.24. The highest BCUT2D eigenvalue weighted by Crippen LogP contribution is 2.44. The predicted octanol–water partition coefficient (Wildman–Crippen LogP) is 6.65. The summed E-state index contributed by atoms with van der Waals surface area (Å²) in [6.45, 7) is 4.07. The zero-order valence-electron chi connectivity index (χ0n) is 15.0. The van der Waals surface area contributed by atoms with Gasteiger partial charge < -0.3 is 9.63 Å². The molecule has 1 N–H and O–H groups in total. The molecule has 0 unspecified atom stereocenters. The fourth-order valence-corrected chi connectivity index (χ4v) is 3.62. The largest absolute Gasteiger partial charge is 0.508 e. The highest BCUT2D eigenvalue weighted by molar-refractivity contribution is 6.33. The third-order valence-electron chi connectivity index (χ3n) is 4.69. The Morgan fingerprint density at radius 2 is 1.52 bits per heavy atom. The van der Waals surface area contributed by atoms with Crippen LogP contribution in [0.25, 0.3) is 33.7 Å². The van der Waals surface area contributed by atoms with Crippen LogP contribution in [-0.2, 0) is 0 Å². The molecule has 0 saturated carbocycles. The van der Waals surface area contributed by atoms with E-state index in [0.717, 1.165) is 39.1 Å². The molecule has 4 heteroatoms. The van der Waals surface area contributed by atoms with Crippen molar-refractivity contribution in [3.05, 3.63) is 82.9 Å². The van der Waals surface area contributed by atoms with Crippen molar-refractivity contribution in [2.75, 3.05) is 0 Å². The first-order valence-corrected chi connectivity index (χ1v) is 9.04. The van der Waals surface area contributed by atoms with Crippen molar-refractivity contribution < 1.29 is 9.63 Å². The van der Waals surface area contributed by atoms with E-state index in [0.29, 0.717) is 10.8 Å². The Bertz CT molecular complexity index is 1090. The molecule has 134 valence electrons. The van der Waals surface area contributed by atoms with Crippen LogP contribution in [0.5, 0.6) is 5.75 Å². The van der Waals surface area contributed by atoms with Gasteiger partial charge >= 0.3 is 0 Å². The molecule has 1 heterocycles. The topological polar surface area (TPSA) is 46.3 Å². The molecule has 3 nitrogen and oxygen atoms in total. The molecule has 0 aliphatic heterocycles. The second-order valence-corrected chi connectivity index (χ2v) is 6.94. The van der Waals surface area contributed by atoms with Crippen molar-refractivity contribution in [2.45, 2.75) is 13.8 Å². The Balaban J connectivity index is 2.04. The molecular weight excluding hydrogens is 358 g/mol. The van der Waals surface area contributed by atoms with Crippen LogP contribution in [0.2, 0.25) is 5.02 Å². The Morgan fingerprint density at radius 1 is 0.815 bits per heavy atom. The average Bonchev–Trinajstić information content (AvgIpc) is 3.07. The third-order valence-corrected chi connectivity index (χ3v) is 5.01. The standard InChI is InChI=1S/C23H18ClNO2/c1-14-6-3-4-8-18(14)21-22(20-15(2)7-5-9-19(20)24)25-27-23(21)16-10-12-17(26)13-11-16/h3-13,26H,1-2H3. The molecule has 0 spiro atoms. The number of benzene rings is 3. The number of hydrogen-bond donors (Lipinski definition) is 1. The van der Waals surface area contributed by atoms with E-state index in [1.165, 1.54) is 0 Å². The number of hydrogen-bond acceptors (Lipinski definition) is 3. The van der Waals surface area contributed by atoms with Crippen LogP contribution in [0.1, 0.15) is 11.1 Å². The molecular formula is C23H18ClNO2. The Kier molecular flexibility index (Phi) is 4.46. The van der Waals surface area contributed by atoms with E-state index in [9.17, 15) is 5.11 Å². The monoisotopic (exact) mass is 375 g/mol. The number of nitrogens with zero attached hydrogens (tertiary/aromatic N) is 1. The highest BCUT2D eigenvalue weighted by atomic mass is 35.5. The zero-order chi connectivity index (χ0) is 19.0. The van der Waals surface area contributed by atoms with E-state index in [2.05, 4.69) is 24.2 Å². The van der Waals surface area contributed by atoms with E-state index < -0.39 is 0 Å². The molecule has 1 aromatic heterocycles. The quantitative estimate of drug-likeness (QED) is 0.436. The molecule has 0 radical (unpaired) electrons. The molecule has 4 rings (SSSR count). The normalized spacial score (nSPS) is 10.9. The van der Waals surface area contributed by atoms with Gasteiger partial charge in [0.05, 0.1) is 10.6 Å². The van der Waals surface area contributed by atoms with E-state index in [4.69, 9.17) is 16.1 Å². The SMILES string of the molecule is Cc1ccccc1-c1c(-c2c(C)cccc2Cl)noc1-c1ccc(O)cc1. The van der Waals surface area contributed by atoms with Gasteiger partial charge in [0.25, 0.3) is 0 Å². The maximum absolute atomic E-state index is 9.63.